The highest BCUT2D eigenvalue weighted by atomic mass is 79.9. The average molecular weight is 278 g/mol. The molecule has 0 saturated carbocycles. The van der Waals surface area contributed by atoms with Gasteiger partial charge in [-0.15, -0.1) is 0 Å². The largest absolute Gasteiger partial charge is 0.497 e. The zero-order valence-electron chi connectivity index (χ0n) is 7.93. The molecule has 4 heteroatoms. The molecule has 1 aromatic rings. The summed E-state index contributed by atoms with van der Waals surface area (Å²) in [5.41, 5.74) is 0.745. The molecule has 0 atom stereocenters. The third-order valence-electron chi connectivity index (χ3n) is 1.76. The lowest BCUT2D eigenvalue weighted by Crippen LogP contribution is -1.93. The smallest absolute Gasteiger partial charge is 0.144 e. The summed E-state index contributed by atoms with van der Waals surface area (Å²) in [5, 5.41) is 0.603. The molecule has 0 unspecified atom stereocenters. The number of hydrogen-bond acceptors (Lipinski definition) is 2. The second-order valence-corrected chi connectivity index (χ2v) is 3.89. The van der Waals surface area contributed by atoms with Crippen LogP contribution in [-0.4, -0.2) is 14.2 Å². The Bertz CT molecular complexity index is 363. The second-order valence-electron chi connectivity index (χ2n) is 2.60. The Kier molecular flexibility index (Phi) is 3.84. The predicted octanol–water partition coefficient (Wildman–Crippen LogP) is 3.73. The highest BCUT2D eigenvalue weighted by Gasteiger charge is 2.12. The van der Waals surface area contributed by atoms with E-state index in [1.165, 1.54) is 0 Å². The zero-order valence-corrected chi connectivity index (χ0v) is 10.3. The van der Waals surface area contributed by atoms with E-state index >= 15 is 0 Å². The van der Waals surface area contributed by atoms with E-state index < -0.39 is 0 Å². The molecule has 0 aromatic heterocycles. The molecule has 0 aliphatic rings. The minimum absolute atomic E-state index is 0.519. The Morgan fingerprint density at radius 3 is 2.57 bits per heavy atom. The van der Waals surface area contributed by atoms with Crippen molar-refractivity contribution in [2.24, 2.45) is 0 Å². The minimum Gasteiger partial charge on any atom is -0.497 e. The van der Waals surface area contributed by atoms with E-state index in [0.717, 1.165) is 10.0 Å². The predicted molar refractivity (Wildman–Crippen MR) is 61.7 cm³/mol. The van der Waals surface area contributed by atoms with Gasteiger partial charge in [0.05, 0.1) is 24.3 Å². The molecule has 0 aliphatic carbocycles. The van der Waals surface area contributed by atoms with E-state index in [2.05, 4.69) is 22.5 Å². The first-order valence-electron chi connectivity index (χ1n) is 3.86. The maximum atomic E-state index is 5.90. The first-order valence-corrected chi connectivity index (χ1v) is 5.03. The fourth-order valence-electron chi connectivity index (χ4n) is 1.08. The molecular weight excluding hydrogens is 267 g/mol. The van der Waals surface area contributed by atoms with Gasteiger partial charge in [-0.25, -0.2) is 0 Å². The van der Waals surface area contributed by atoms with Crippen molar-refractivity contribution in [3.63, 3.8) is 0 Å². The van der Waals surface area contributed by atoms with Gasteiger partial charge in [0.15, 0.2) is 0 Å². The first kappa shape index (κ1) is 11.4. The number of benzene rings is 1. The Morgan fingerprint density at radius 2 is 2.07 bits per heavy atom. The molecule has 0 heterocycles. The Morgan fingerprint density at radius 1 is 1.43 bits per heavy atom. The number of rotatable bonds is 3. The SMILES string of the molecule is C=C(OC)c1cc(Cl)cc(Br)c1OC. The average Bonchev–Trinajstić information content (AvgIpc) is 2.15. The normalized spacial score (nSPS) is 9.71. The summed E-state index contributed by atoms with van der Waals surface area (Å²) in [7, 11) is 3.14. The highest BCUT2D eigenvalue weighted by Crippen LogP contribution is 2.35. The lowest BCUT2D eigenvalue weighted by atomic mass is 10.2. The van der Waals surface area contributed by atoms with Crippen molar-refractivity contribution in [2.45, 2.75) is 0 Å². The molecule has 2 nitrogen and oxygen atoms in total. The van der Waals surface area contributed by atoms with Crippen molar-refractivity contribution in [3.8, 4) is 5.75 Å². The lowest BCUT2D eigenvalue weighted by Gasteiger charge is -2.12. The van der Waals surface area contributed by atoms with Crippen LogP contribution in [0.2, 0.25) is 5.02 Å². The molecule has 0 spiro atoms. The fourth-order valence-corrected chi connectivity index (χ4v) is 2.06. The van der Waals surface area contributed by atoms with Gasteiger partial charge in [0.25, 0.3) is 0 Å². The van der Waals surface area contributed by atoms with Crippen LogP contribution < -0.4 is 4.74 Å². The van der Waals surface area contributed by atoms with Crippen LogP contribution in [-0.2, 0) is 4.74 Å². The van der Waals surface area contributed by atoms with E-state index in [9.17, 15) is 0 Å². The second kappa shape index (κ2) is 4.71. The van der Waals surface area contributed by atoms with Crippen LogP contribution in [0, 0.1) is 0 Å². The Hall–Kier alpha value is -0.670. The van der Waals surface area contributed by atoms with E-state index in [1.807, 2.05) is 0 Å². The quantitative estimate of drug-likeness (QED) is 0.784. The molecule has 0 N–H and O–H groups in total. The van der Waals surface area contributed by atoms with Gasteiger partial charge >= 0.3 is 0 Å². The molecule has 76 valence electrons. The lowest BCUT2D eigenvalue weighted by molar-refractivity contribution is 0.362. The molecule has 0 bridgehead atoms. The molecule has 0 saturated heterocycles. The monoisotopic (exact) mass is 276 g/mol. The number of methoxy groups -OCH3 is 2. The summed E-state index contributed by atoms with van der Waals surface area (Å²) in [6.45, 7) is 3.75. The summed E-state index contributed by atoms with van der Waals surface area (Å²) in [4.78, 5) is 0. The topological polar surface area (TPSA) is 18.5 Å². The van der Waals surface area contributed by atoms with Crippen LogP contribution in [0.5, 0.6) is 5.75 Å². The van der Waals surface area contributed by atoms with Crippen LogP contribution >= 0.6 is 27.5 Å². The molecule has 0 amide bonds. The van der Waals surface area contributed by atoms with E-state index in [1.54, 1.807) is 26.4 Å². The van der Waals surface area contributed by atoms with Gasteiger partial charge in [-0.1, -0.05) is 18.2 Å². The minimum atomic E-state index is 0.519. The summed E-state index contributed by atoms with van der Waals surface area (Å²) in [5.74, 6) is 1.19. The van der Waals surface area contributed by atoms with Crippen molar-refractivity contribution in [1.82, 2.24) is 0 Å². The summed E-state index contributed by atoms with van der Waals surface area (Å²) in [6, 6.07) is 3.50. The van der Waals surface area contributed by atoms with Gasteiger partial charge in [0, 0.05) is 5.02 Å². The molecule has 1 rings (SSSR count). The van der Waals surface area contributed by atoms with E-state index in [0.29, 0.717) is 16.5 Å². The molecule has 0 aliphatic heterocycles. The van der Waals surface area contributed by atoms with Crippen molar-refractivity contribution in [3.05, 3.63) is 33.8 Å². The van der Waals surface area contributed by atoms with Crippen molar-refractivity contribution in [2.75, 3.05) is 14.2 Å². The summed E-state index contributed by atoms with van der Waals surface area (Å²) >= 11 is 9.25. The van der Waals surface area contributed by atoms with E-state index in [4.69, 9.17) is 21.1 Å². The maximum Gasteiger partial charge on any atom is 0.144 e. The molecule has 1 aromatic carbocycles. The maximum absolute atomic E-state index is 5.90. The third-order valence-corrected chi connectivity index (χ3v) is 2.57. The van der Waals surface area contributed by atoms with Crippen LogP contribution in [0.4, 0.5) is 0 Å². The van der Waals surface area contributed by atoms with Crippen molar-refractivity contribution < 1.29 is 9.47 Å². The van der Waals surface area contributed by atoms with Crippen LogP contribution in [0.15, 0.2) is 23.2 Å². The van der Waals surface area contributed by atoms with Gasteiger partial charge in [0.2, 0.25) is 0 Å². The van der Waals surface area contributed by atoms with Crippen LogP contribution in [0.25, 0.3) is 5.76 Å². The fraction of sp³-hybridized carbons (Fsp3) is 0.200. The van der Waals surface area contributed by atoms with Crippen molar-refractivity contribution >= 4 is 33.3 Å². The van der Waals surface area contributed by atoms with Gasteiger partial charge < -0.3 is 9.47 Å². The number of ether oxygens (including phenoxy) is 2. The van der Waals surface area contributed by atoms with E-state index in [-0.39, 0.29) is 0 Å². The van der Waals surface area contributed by atoms with Gasteiger partial charge in [-0.3, -0.25) is 0 Å². The Labute approximate surface area is 96.6 Å². The van der Waals surface area contributed by atoms with Gasteiger partial charge in [0.1, 0.15) is 11.5 Å². The molecular formula is C10H10BrClO2. The molecule has 0 fully saturated rings. The van der Waals surface area contributed by atoms with Crippen LogP contribution in [0.1, 0.15) is 5.56 Å². The highest BCUT2D eigenvalue weighted by molar-refractivity contribution is 9.10. The van der Waals surface area contributed by atoms with Gasteiger partial charge in [-0.2, -0.15) is 0 Å². The Balaban J connectivity index is 3.32. The number of hydrogen-bond donors (Lipinski definition) is 0. The first-order chi connectivity index (χ1) is 6.60. The molecule has 14 heavy (non-hydrogen) atoms. The standard InChI is InChI=1S/C10H10BrClO2/c1-6(13-2)8-4-7(12)5-9(11)10(8)14-3/h4-5H,1H2,2-3H3. The zero-order chi connectivity index (χ0) is 10.7. The third kappa shape index (κ3) is 2.22. The van der Waals surface area contributed by atoms with Crippen LogP contribution in [0.3, 0.4) is 0 Å². The number of halogens is 2. The summed E-state index contributed by atoms with van der Waals surface area (Å²) in [6.07, 6.45) is 0. The summed E-state index contributed by atoms with van der Waals surface area (Å²) < 4.78 is 11.0. The van der Waals surface area contributed by atoms with Crippen molar-refractivity contribution in [1.29, 1.82) is 0 Å². The van der Waals surface area contributed by atoms with Gasteiger partial charge in [-0.05, 0) is 28.1 Å². The molecule has 0 radical (unpaired) electrons.